The lowest BCUT2D eigenvalue weighted by Crippen LogP contribution is -2.41. The van der Waals surface area contributed by atoms with Gasteiger partial charge < -0.3 is 24.1 Å². The van der Waals surface area contributed by atoms with Gasteiger partial charge in [-0.25, -0.2) is 9.59 Å². The summed E-state index contributed by atoms with van der Waals surface area (Å²) >= 11 is 0. The van der Waals surface area contributed by atoms with Crippen molar-refractivity contribution in [2.45, 2.75) is 12.8 Å². The summed E-state index contributed by atoms with van der Waals surface area (Å²) in [4.78, 5) is 39.2. The molecule has 1 unspecified atom stereocenters. The van der Waals surface area contributed by atoms with Crippen molar-refractivity contribution >= 4 is 29.4 Å². The molecule has 3 aromatic rings. The molecule has 1 saturated heterocycles. The van der Waals surface area contributed by atoms with Crippen LogP contribution in [-0.4, -0.2) is 55.4 Å². The molecule has 10 nitrogen and oxygen atoms in total. The molecular weight excluding hydrogens is 440 g/mol. The lowest BCUT2D eigenvalue weighted by molar-refractivity contribution is -0.120. The molecule has 0 bridgehead atoms. The van der Waals surface area contributed by atoms with Crippen molar-refractivity contribution in [3.8, 4) is 11.5 Å². The number of furan rings is 1. The fourth-order valence-corrected chi connectivity index (χ4v) is 3.86. The molecule has 1 N–H and O–H groups in total. The normalized spacial score (nSPS) is 15.5. The number of esters is 2. The third-order valence-corrected chi connectivity index (χ3v) is 5.64. The number of carbonyl (C=O) groups excluding carboxylic acids is 3. The van der Waals surface area contributed by atoms with Crippen LogP contribution in [0.2, 0.25) is 0 Å². The van der Waals surface area contributed by atoms with E-state index in [9.17, 15) is 14.4 Å². The van der Waals surface area contributed by atoms with Crippen LogP contribution in [-0.2, 0) is 14.3 Å². The summed E-state index contributed by atoms with van der Waals surface area (Å²) < 4.78 is 14.9. The highest BCUT2D eigenvalue weighted by Gasteiger charge is 2.28. The molecule has 1 atom stereocenters. The van der Waals surface area contributed by atoms with Gasteiger partial charge >= 0.3 is 11.9 Å². The zero-order chi connectivity index (χ0) is 24.1. The van der Waals surface area contributed by atoms with Crippen molar-refractivity contribution in [3.63, 3.8) is 0 Å². The standard InChI is InChI=1S/C24H24N4O6/c1-32-23(30)15-7-8-17(24(31)33-2)19(13-15)25-22(29)16-5-3-11-28(14-16)21-10-9-18(26-27-21)20-6-4-12-34-20/h4,6-10,12-13,16H,3,5,11,14H2,1-2H3,(H,25,29). The smallest absolute Gasteiger partial charge is 0.339 e. The molecule has 1 fully saturated rings. The van der Waals surface area contributed by atoms with Crippen LogP contribution in [0.1, 0.15) is 33.6 Å². The van der Waals surface area contributed by atoms with E-state index in [0.717, 1.165) is 13.0 Å². The zero-order valence-electron chi connectivity index (χ0n) is 18.8. The highest BCUT2D eigenvalue weighted by molar-refractivity contribution is 6.04. The van der Waals surface area contributed by atoms with Gasteiger partial charge in [0, 0.05) is 13.1 Å². The van der Waals surface area contributed by atoms with E-state index in [1.54, 1.807) is 12.3 Å². The van der Waals surface area contributed by atoms with Crippen LogP contribution in [0.15, 0.2) is 53.1 Å². The number of hydrogen-bond acceptors (Lipinski definition) is 9. The third-order valence-electron chi connectivity index (χ3n) is 5.64. The number of rotatable bonds is 6. The van der Waals surface area contributed by atoms with Gasteiger partial charge in [0.25, 0.3) is 0 Å². The van der Waals surface area contributed by atoms with Gasteiger partial charge in [-0.1, -0.05) is 0 Å². The average Bonchev–Trinajstić information content (AvgIpc) is 3.43. The molecule has 4 rings (SSSR count). The number of nitrogens with zero attached hydrogens (tertiary/aromatic N) is 3. The fraction of sp³-hybridized carbons (Fsp3) is 0.292. The van der Waals surface area contributed by atoms with Gasteiger partial charge in [0.15, 0.2) is 11.6 Å². The summed E-state index contributed by atoms with van der Waals surface area (Å²) in [5, 5.41) is 11.3. The number of nitrogens with one attached hydrogen (secondary N) is 1. The lowest BCUT2D eigenvalue weighted by Gasteiger charge is -2.32. The molecule has 0 saturated carbocycles. The zero-order valence-corrected chi connectivity index (χ0v) is 18.8. The van der Waals surface area contributed by atoms with Gasteiger partial charge in [-0.05, 0) is 55.3 Å². The molecule has 1 aliphatic rings. The Morgan fingerprint density at radius 3 is 2.56 bits per heavy atom. The minimum Gasteiger partial charge on any atom is -0.465 e. The van der Waals surface area contributed by atoms with E-state index in [2.05, 4.69) is 15.5 Å². The minimum atomic E-state index is -0.621. The van der Waals surface area contributed by atoms with E-state index in [-0.39, 0.29) is 28.6 Å². The summed E-state index contributed by atoms with van der Waals surface area (Å²) in [7, 11) is 2.51. The molecule has 176 valence electrons. The Hall–Kier alpha value is -4.21. The van der Waals surface area contributed by atoms with Crippen molar-refractivity contribution in [3.05, 3.63) is 59.9 Å². The molecule has 2 aromatic heterocycles. The van der Waals surface area contributed by atoms with Gasteiger partial charge in [0.2, 0.25) is 5.91 Å². The quantitative estimate of drug-likeness (QED) is 0.548. The Morgan fingerprint density at radius 2 is 1.88 bits per heavy atom. The summed E-state index contributed by atoms with van der Waals surface area (Å²) in [6, 6.07) is 11.5. The van der Waals surface area contributed by atoms with E-state index >= 15 is 0 Å². The molecule has 0 aliphatic carbocycles. The van der Waals surface area contributed by atoms with E-state index in [1.807, 2.05) is 23.1 Å². The summed E-state index contributed by atoms with van der Waals surface area (Å²) in [6.07, 6.45) is 3.03. The monoisotopic (exact) mass is 464 g/mol. The maximum Gasteiger partial charge on any atom is 0.339 e. The molecule has 1 aliphatic heterocycles. The number of aromatic nitrogens is 2. The Bertz CT molecular complexity index is 1180. The summed E-state index contributed by atoms with van der Waals surface area (Å²) in [5.41, 5.74) is 1.18. The number of benzene rings is 1. The third kappa shape index (κ3) is 4.90. The number of piperidine rings is 1. The van der Waals surface area contributed by atoms with Gasteiger partial charge in [-0.2, -0.15) is 0 Å². The van der Waals surface area contributed by atoms with Crippen molar-refractivity contribution in [1.29, 1.82) is 0 Å². The van der Waals surface area contributed by atoms with E-state index < -0.39 is 11.9 Å². The minimum absolute atomic E-state index is 0.149. The topological polar surface area (TPSA) is 124 Å². The first-order valence-electron chi connectivity index (χ1n) is 10.7. The first kappa shape index (κ1) is 23.0. The van der Waals surface area contributed by atoms with Crippen LogP contribution in [0.25, 0.3) is 11.5 Å². The lowest BCUT2D eigenvalue weighted by atomic mass is 9.96. The number of hydrogen-bond donors (Lipinski definition) is 1. The molecule has 3 heterocycles. The predicted octanol–water partition coefficient (Wildman–Crippen LogP) is 3.16. The second-order valence-electron chi connectivity index (χ2n) is 7.77. The second-order valence-corrected chi connectivity index (χ2v) is 7.77. The molecule has 1 aromatic carbocycles. The summed E-state index contributed by atoms with van der Waals surface area (Å²) in [6.45, 7) is 1.18. The number of amides is 1. The highest BCUT2D eigenvalue weighted by Crippen LogP contribution is 2.26. The molecule has 0 radical (unpaired) electrons. The molecule has 1 amide bonds. The first-order chi connectivity index (χ1) is 16.5. The number of anilines is 2. The van der Waals surface area contributed by atoms with Gasteiger partial charge in [-0.15, -0.1) is 10.2 Å². The summed E-state index contributed by atoms with van der Waals surface area (Å²) in [5.74, 6) is -0.526. The van der Waals surface area contributed by atoms with Crippen LogP contribution >= 0.6 is 0 Å². The van der Waals surface area contributed by atoms with Crippen molar-refractivity contribution < 1.29 is 28.3 Å². The highest BCUT2D eigenvalue weighted by atomic mass is 16.5. The number of methoxy groups -OCH3 is 2. The molecule has 34 heavy (non-hydrogen) atoms. The Balaban J connectivity index is 1.49. The van der Waals surface area contributed by atoms with Crippen LogP contribution in [0.5, 0.6) is 0 Å². The largest absolute Gasteiger partial charge is 0.465 e. The maximum atomic E-state index is 13.1. The Kier molecular flexibility index (Phi) is 6.86. The van der Waals surface area contributed by atoms with Crippen molar-refractivity contribution in [2.24, 2.45) is 5.92 Å². The van der Waals surface area contributed by atoms with Crippen LogP contribution in [0.4, 0.5) is 11.5 Å². The van der Waals surface area contributed by atoms with Gasteiger partial charge in [-0.3, -0.25) is 4.79 Å². The number of ether oxygens (including phenoxy) is 2. The average molecular weight is 464 g/mol. The Morgan fingerprint density at radius 1 is 1.06 bits per heavy atom. The fourth-order valence-electron chi connectivity index (χ4n) is 3.86. The molecular formula is C24H24N4O6. The van der Waals surface area contributed by atoms with Crippen molar-refractivity contribution in [2.75, 3.05) is 37.5 Å². The maximum absolute atomic E-state index is 13.1. The SMILES string of the molecule is COC(=O)c1ccc(C(=O)OC)c(NC(=O)C2CCCN(c3ccc(-c4ccco4)nn3)C2)c1. The van der Waals surface area contributed by atoms with Gasteiger partial charge in [0.1, 0.15) is 5.69 Å². The van der Waals surface area contributed by atoms with Crippen LogP contribution < -0.4 is 10.2 Å². The molecule has 10 heteroatoms. The van der Waals surface area contributed by atoms with E-state index in [1.165, 1.54) is 32.4 Å². The van der Waals surface area contributed by atoms with Gasteiger partial charge in [0.05, 0.1) is 43.2 Å². The second kappa shape index (κ2) is 10.2. The first-order valence-corrected chi connectivity index (χ1v) is 10.7. The number of carbonyl (C=O) groups is 3. The van der Waals surface area contributed by atoms with Crippen molar-refractivity contribution in [1.82, 2.24) is 10.2 Å². The Labute approximate surface area is 195 Å². The van der Waals surface area contributed by atoms with Crippen LogP contribution in [0.3, 0.4) is 0 Å². The van der Waals surface area contributed by atoms with E-state index in [4.69, 9.17) is 13.9 Å². The molecule has 0 spiro atoms. The van der Waals surface area contributed by atoms with Crippen LogP contribution in [0, 0.1) is 5.92 Å². The predicted molar refractivity (Wildman–Crippen MR) is 122 cm³/mol. The van der Waals surface area contributed by atoms with E-state index in [0.29, 0.717) is 30.2 Å².